The lowest BCUT2D eigenvalue weighted by molar-refractivity contribution is -0.217. The van der Waals surface area contributed by atoms with Crippen LogP contribution in [0.4, 0.5) is 0 Å². The average molecular weight is 388 g/mol. The molecule has 152 valence electrons. The number of carbonyl (C=O) groups excluding carboxylic acids is 3. The summed E-state index contributed by atoms with van der Waals surface area (Å²) in [5.74, 6) is -0.854. The topological polar surface area (TPSA) is 78.9 Å². The number of hydrogen-bond donors (Lipinski definition) is 0. The van der Waals surface area contributed by atoms with Crippen LogP contribution < -0.4 is 0 Å². The zero-order valence-electron chi connectivity index (χ0n) is 17.3. The molecule has 0 amide bonds. The molecular weight excluding hydrogens is 360 g/mol. The SMILES string of the molecule is COC1=CC(C)C2CC3OC(=O)C[C@H]4C(C)=C(OC)C(=O)C([C@@]2(C)C1=O)[C@@]34C. The second-order valence-corrected chi connectivity index (χ2v) is 9.16. The summed E-state index contributed by atoms with van der Waals surface area (Å²) in [4.78, 5) is 39.6. The molecule has 1 saturated heterocycles. The van der Waals surface area contributed by atoms with Crippen LogP contribution in [0.25, 0.3) is 0 Å². The van der Waals surface area contributed by atoms with E-state index in [9.17, 15) is 14.4 Å². The Kier molecular flexibility index (Phi) is 4.08. The molecule has 3 aliphatic carbocycles. The van der Waals surface area contributed by atoms with Crippen LogP contribution in [0.15, 0.2) is 23.2 Å². The molecule has 0 spiro atoms. The quantitative estimate of drug-likeness (QED) is 0.677. The van der Waals surface area contributed by atoms with Gasteiger partial charge in [0.15, 0.2) is 11.5 Å². The molecule has 2 fully saturated rings. The number of ether oxygens (including phenoxy) is 3. The lowest BCUT2D eigenvalue weighted by Gasteiger charge is -2.64. The summed E-state index contributed by atoms with van der Waals surface area (Å²) in [5, 5.41) is 0. The van der Waals surface area contributed by atoms with E-state index in [4.69, 9.17) is 14.2 Å². The van der Waals surface area contributed by atoms with Crippen molar-refractivity contribution < 1.29 is 28.6 Å². The summed E-state index contributed by atoms with van der Waals surface area (Å²) in [6, 6.07) is 0. The third-order valence-electron chi connectivity index (χ3n) is 8.10. The van der Waals surface area contributed by atoms with Crippen LogP contribution in [0.3, 0.4) is 0 Å². The van der Waals surface area contributed by atoms with Gasteiger partial charge in [-0.05, 0) is 36.8 Å². The fraction of sp³-hybridized carbons (Fsp3) is 0.682. The molecule has 0 radical (unpaired) electrons. The van der Waals surface area contributed by atoms with Crippen molar-refractivity contribution in [1.29, 1.82) is 0 Å². The van der Waals surface area contributed by atoms with Crippen LogP contribution in [-0.2, 0) is 28.6 Å². The van der Waals surface area contributed by atoms with Gasteiger partial charge in [-0.15, -0.1) is 0 Å². The Bertz CT molecular complexity index is 838. The fourth-order valence-electron chi connectivity index (χ4n) is 6.81. The van der Waals surface area contributed by atoms with Crippen molar-refractivity contribution in [3.05, 3.63) is 23.2 Å². The largest absolute Gasteiger partial charge is 0.493 e. The molecule has 0 aromatic rings. The average Bonchev–Trinajstić information content (AvgIpc) is 2.63. The number of ketones is 2. The van der Waals surface area contributed by atoms with Crippen LogP contribution in [-0.4, -0.2) is 37.9 Å². The van der Waals surface area contributed by atoms with Gasteiger partial charge in [-0.2, -0.15) is 0 Å². The number of fused-ring (bicyclic) bond motifs is 2. The molecule has 0 N–H and O–H groups in total. The Hall–Kier alpha value is -2.11. The Morgan fingerprint density at radius 3 is 2.43 bits per heavy atom. The summed E-state index contributed by atoms with van der Waals surface area (Å²) in [7, 11) is 2.97. The van der Waals surface area contributed by atoms with Crippen molar-refractivity contribution in [2.75, 3.05) is 14.2 Å². The Balaban J connectivity index is 1.99. The Morgan fingerprint density at radius 2 is 1.82 bits per heavy atom. The molecule has 7 atom stereocenters. The number of rotatable bonds is 2. The molecule has 0 aromatic carbocycles. The highest BCUT2D eigenvalue weighted by atomic mass is 16.5. The van der Waals surface area contributed by atoms with E-state index in [1.165, 1.54) is 14.2 Å². The third kappa shape index (κ3) is 2.06. The molecular formula is C22H28O6. The first-order chi connectivity index (χ1) is 13.1. The van der Waals surface area contributed by atoms with Crippen LogP contribution in [0.5, 0.6) is 0 Å². The molecule has 28 heavy (non-hydrogen) atoms. The van der Waals surface area contributed by atoms with Gasteiger partial charge in [-0.25, -0.2) is 0 Å². The summed E-state index contributed by atoms with van der Waals surface area (Å²) >= 11 is 0. The predicted octanol–water partition coefficient (Wildman–Crippen LogP) is 2.82. The van der Waals surface area contributed by atoms with Crippen molar-refractivity contribution in [2.24, 2.45) is 34.5 Å². The summed E-state index contributed by atoms with van der Waals surface area (Å²) in [6.45, 7) is 7.80. The zero-order chi connectivity index (χ0) is 20.6. The normalized spacial score (nSPS) is 45.0. The number of carbonyl (C=O) groups is 3. The first-order valence-corrected chi connectivity index (χ1v) is 9.91. The number of methoxy groups -OCH3 is 2. The standard InChI is InChI=1S/C22H28O6/c1-10-7-14(26-5)20(25)22(4)12(10)8-15-21(3)13(9-16(23)28-15)11(2)18(27-6)17(24)19(21)22/h7,10,12-13,15,19H,8-9H2,1-6H3/t10?,12?,13-,15?,19?,21+,22-/m0/s1. The van der Waals surface area contributed by atoms with E-state index in [0.29, 0.717) is 12.2 Å². The van der Waals surface area contributed by atoms with Crippen LogP contribution in [0, 0.1) is 34.5 Å². The van der Waals surface area contributed by atoms with E-state index in [0.717, 1.165) is 5.57 Å². The van der Waals surface area contributed by atoms with Crippen molar-refractivity contribution >= 4 is 17.5 Å². The van der Waals surface area contributed by atoms with Gasteiger partial charge in [0, 0.05) is 22.7 Å². The van der Waals surface area contributed by atoms with Crippen LogP contribution in [0.2, 0.25) is 0 Å². The van der Waals surface area contributed by atoms with Crippen molar-refractivity contribution in [1.82, 2.24) is 0 Å². The smallest absolute Gasteiger partial charge is 0.306 e. The highest BCUT2D eigenvalue weighted by molar-refractivity contribution is 6.07. The van der Waals surface area contributed by atoms with Crippen molar-refractivity contribution in [3.63, 3.8) is 0 Å². The molecule has 4 unspecified atom stereocenters. The first kappa shape index (κ1) is 19.2. The van der Waals surface area contributed by atoms with Crippen LogP contribution in [0.1, 0.15) is 40.5 Å². The van der Waals surface area contributed by atoms with Gasteiger partial charge in [0.25, 0.3) is 0 Å². The molecule has 4 rings (SSSR count). The molecule has 1 heterocycles. The maximum atomic E-state index is 13.7. The van der Waals surface area contributed by atoms with Gasteiger partial charge in [0.05, 0.1) is 20.6 Å². The molecule has 0 aromatic heterocycles. The van der Waals surface area contributed by atoms with Crippen molar-refractivity contribution in [3.8, 4) is 0 Å². The maximum absolute atomic E-state index is 13.7. The fourth-order valence-corrected chi connectivity index (χ4v) is 6.81. The number of esters is 1. The summed E-state index contributed by atoms with van der Waals surface area (Å²) < 4.78 is 16.7. The van der Waals surface area contributed by atoms with Crippen LogP contribution >= 0.6 is 0 Å². The second kappa shape index (κ2) is 5.94. The highest BCUT2D eigenvalue weighted by Gasteiger charge is 2.72. The minimum absolute atomic E-state index is 0.0204. The van der Waals surface area contributed by atoms with E-state index in [2.05, 4.69) is 0 Å². The van der Waals surface area contributed by atoms with Gasteiger partial charge in [0.2, 0.25) is 11.6 Å². The molecule has 6 heteroatoms. The van der Waals surface area contributed by atoms with Gasteiger partial charge < -0.3 is 14.2 Å². The van der Waals surface area contributed by atoms with Gasteiger partial charge in [-0.1, -0.05) is 20.8 Å². The maximum Gasteiger partial charge on any atom is 0.306 e. The lowest BCUT2D eigenvalue weighted by atomic mass is 9.40. The first-order valence-electron chi connectivity index (χ1n) is 9.91. The monoisotopic (exact) mass is 388 g/mol. The molecule has 6 nitrogen and oxygen atoms in total. The summed E-state index contributed by atoms with van der Waals surface area (Å²) in [6.07, 6.45) is 2.21. The minimum atomic E-state index is -0.936. The van der Waals surface area contributed by atoms with E-state index in [1.807, 2.05) is 33.8 Å². The van der Waals surface area contributed by atoms with E-state index >= 15 is 0 Å². The number of Topliss-reactive ketones (excluding diaryl/α,β-unsaturated/α-hetero) is 2. The van der Waals surface area contributed by atoms with E-state index in [-0.39, 0.29) is 47.5 Å². The molecule has 1 saturated carbocycles. The van der Waals surface area contributed by atoms with Crippen molar-refractivity contribution in [2.45, 2.75) is 46.6 Å². The van der Waals surface area contributed by atoms with Gasteiger partial charge in [-0.3, -0.25) is 14.4 Å². The highest BCUT2D eigenvalue weighted by Crippen LogP contribution is 2.67. The van der Waals surface area contributed by atoms with E-state index < -0.39 is 22.9 Å². The molecule has 1 aliphatic heterocycles. The second-order valence-electron chi connectivity index (χ2n) is 9.16. The third-order valence-corrected chi connectivity index (χ3v) is 8.10. The van der Waals surface area contributed by atoms with E-state index in [1.54, 1.807) is 0 Å². The number of allylic oxidation sites excluding steroid dienone is 4. The zero-order valence-corrected chi connectivity index (χ0v) is 17.3. The van der Waals surface area contributed by atoms with Gasteiger partial charge in [0.1, 0.15) is 6.10 Å². The predicted molar refractivity (Wildman–Crippen MR) is 99.8 cm³/mol. The summed E-state index contributed by atoms with van der Waals surface area (Å²) in [5.41, 5.74) is -0.795. The number of hydrogen-bond acceptors (Lipinski definition) is 6. The lowest BCUT2D eigenvalue weighted by Crippen LogP contribution is -2.69. The Labute approximate surface area is 165 Å². The molecule has 0 bridgehead atoms. The molecule has 4 aliphatic rings. The Morgan fingerprint density at radius 1 is 1.14 bits per heavy atom. The minimum Gasteiger partial charge on any atom is -0.493 e. The van der Waals surface area contributed by atoms with Gasteiger partial charge >= 0.3 is 5.97 Å².